The molecule has 3 amide bonds. The maximum atomic E-state index is 13.0. The fraction of sp³-hybridized carbons (Fsp3) is 0.418. The third-order valence-corrected chi connectivity index (χ3v) is 13.4. The molecule has 3 aromatic carbocycles. The van der Waals surface area contributed by atoms with Crippen LogP contribution in [0.15, 0.2) is 109 Å². The van der Waals surface area contributed by atoms with Gasteiger partial charge in [0.05, 0.1) is 29.6 Å². The van der Waals surface area contributed by atoms with E-state index in [1.807, 2.05) is 75.6 Å². The summed E-state index contributed by atoms with van der Waals surface area (Å²) in [6, 6.07) is 31.0. The number of pyridine rings is 2. The Kier molecular flexibility index (Phi) is 15.8. The van der Waals surface area contributed by atoms with E-state index in [1.54, 1.807) is 30.5 Å². The van der Waals surface area contributed by atoms with Crippen LogP contribution < -0.4 is 21.3 Å². The van der Waals surface area contributed by atoms with Gasteiger partial charge in [-0.1, -0.05) is 72.3 Å². The number of anilines is 3. The van der Waals surface area contributed by atoms with Gasteiger partial charge in [0.25, 0.3) is 5.91 Å². The van der Waals surface area contributed by atoms with E-state index in [4.69, 9.17) is 29.8 Å². The molecule has 6 heterocycles. The number of aromatic nitrogens is 2. The highest BCUT2D eigenvalue weighted by atomic mass is 35.5. The lowest BCUT2D eigenvalue weighted by atomic mass is 9.69. The van der Waals surface area contributed by atoms with Gasteiger partial charge in [-0.05, 0) is 139 Å². The highest BCUT2D eigenvalue weighted by Gasteiger charge is 2.45. The molecule has 0 radical (unpaired) electrons. The average molecular weight is 992 g/mol. The Morgan fingerprint density at radius 1 is 0.690 bits per heavy atom. The van der Waals surface area contributed by atoms with Gasteiger partial charge in [-0.15, -0.1) is 0 Å². The van der Waals surface area contributed by atoms with Crippen molar-refractivity contribution in [2.24, 2.45) is 0 Å². The summed E-state index contributed by atoms with van der Waals surface area (Å²) in [5.74, 6) is 0.179. The molecule has 4 aliphatic rings. The first-order valence-corrected chi connectivity index (χ1v) is 24.5. The molecule has 0 atom stereocenters. The van der Waals surface area contributed by atoms with Crippen molar-refractivity contribution in [1.29, 1.82) is 0 Å². The molecule has 0 aliphatic carbocycles. The lowest BCUT2D eigenvalue weighted by Gasteiger charge is -2.48. The van der Waals surface area contributed by atoms with Crippen LogP contribution in [0.5, 0.6) is 0 Å². The molecule has 0 bridgehead atoms. The number of benzene rings is 3. The Balaban J connectivity index is 0.000000207. The van der Waals surface area contributed by atoms with Crippen molar-refractivity contribution >= 4 is 52.9 Å². The number of hydrogen-bond acceptors (Lipinski definition) is 12. The number of rotatable bonds is 4. The minimum Gasteiger partial charge on any atom is -0.465 e. The molecular weight excluding hydrogens is 920 g/mol. The van der Waals surface area contributed by atoms with Gasteiger partial charge in [0.1, 0.15) is 22.2 Å². The topological polar surface area (TPSA) is 182 Å². The van der Waals surface area contributed by atoms with E-state index in [2.05, 4.69) is 72.7 Å². The number of hydrogen-bond donors (Lipinski definition) is 3. The number of nitrogens with zero attached hydrogens (tertiary/aromatic N) is 5. The Bertz CT molecular complexity index is 2670. The molecule has 2 saturated heterocycles. The molecule has 2 aromatic heterocycles. The van der Waals surface area contributed by atoms with Gasteiger partial charge in [-0.3, -0.25) is 4.79 Å². The molecule has 71 heavy (non-hydrogen) atoms. The van der Waals surface area contributed by atoms with Gasteiger partial charge in [0.2, 0.25) is 0 Å². The summed E-state index contributed by atoms with van der Waals surface area (Å²) >= 11 is 5.50. The molecule has 5 aromatic rings. The number of nitrogen functional groups attached to an aromatic ring is 1. The predicted molar refractivity (Wildman–Crippen MR) is 279 cm³/mol. The van der Waals surface area contributed by atoms with E-state index < -0.39 is 17.2 Å². The summed E-state index contributed by atoms with van der Waals surface area (Å²) in [7, 11) is 1.32. The van der Waals surface area contributed by atoms with Gasteiger partial charge in [0, 0.05) is 65.5 Å². The third kappa shape index (κ3) is 13.2. The molecule has 2 fully saturated rings. The molecule has 4 aliphatic heterocycles. The SMILES string of the molecule is CC(C)(C)OC(=O)N1Cc2ccccc2C2(CCN(c3ccc(C(=O)Nc4ccccc4N)cn3)CC2)C1.CC(C)(C)OC(=O)N1Cc2ccccc2C2(CCNCC2)C1.COC(=O)c1ccc(Cl)nc1.[2H][2H]. The monoisotopic (exact) mass is 991 g/mol. The van der Waals surface area contributed by atoms with Crippen LogP contribution in [0.2, 0.25) is 5.15 Å². The van der Waals surface area contributed by atoms with Crippen molar-refractivity contribution in [3.8, 4) is 0 Å². The number of piperidine rings is 2. The first-order valence-electron chi connectivity index (χ1n) is 25.2. The smallest absolute Gasteiger partial charge is 0.410 e. The highest BCUT2D eigenvalue weighted by Crippen LogP contribution is 2.43. The maximum absolute atomic E-state index is 13.0. The molecule has 0 saturated carbocycles. The largest absolute Gasteiger partial charge is 0.465 e. The predicted octanol–water partition coefficient (Wildman–Crippen LogP) is 10.0. The summed E-state index contributed by atoms with van der Waals surface area (Å²) in [6.07, 6.45) is 6.44. The van der Waals surface area contributed by atoms with Crippen molar-refractivity contribution in [3.05, 3.63) is 148 Å². The van der Waals surface area contributed by atoms with Crippen molar-refractivity contribution in [2.45, 2.75) is 102 Å². The molecule has 378 valence electrons. The number of ether oxygens (including phenoxy) is 3. The van der Waals surface area contributed by atoms with Crippen molar-refractivity contribution in [3.63, 3.8) is 0 Å². The second-order valence-corrected chi connectivity index (χ2v) is 21.0. The van der Waals surface area contributed by atoms with E-state index in [9.17, 15) is 19.2 Å². The lowest BCUT2D eigenvalue weighted by molar-refractivity contribution is 0.0131. The number of carbonyl (C=O) groups is 4. The molecule has 16 heteroatoms. The van der Waals surface area contributed by atoms with Crippen LogP contribution in [-0.4, -0.2) is 101 Å². The highest BCUT2D eigenvalue weighted by molar-refractivity contribution is 6.29. The standard InChI is InChI=1S/C30H35N5O3.C18H26N2O2.C7H6ClNO2.H2/c1-29(2,3)38-28(37)35-19-22-8-4-5-9-23(22)30(20-35)14-16-34(17-15-30)26-13-12-21(18-32-26)27(36)33-25-11-7-6-10-24(25)31;1-17(2,3)22-16(21)20-12-14-6-4-5-7-15(14)18(13-20)8-10-19-11-9-18;1-11-7(10)5-2-3-6(8)9-4-5;/h4-13,18H,14-17,19-20,31H2,1-3H3,(H,33,36);4-7,19H,8-13H2,1-3H3;2-4H,1H3;1H/i;;;1+1D. The molecule has 0 unspecified atom stereocenters. The maximum Gasteiger partial charge on any atom is 0.410 e. The minimum absolute atomic E-state index is 0.0804. The van der Waals surface area contributed by atoms with Crippen molar-refractivity contribution < 1.29 is 36.4 Å². The number of para-hydroxylation sites is 2. The van der Waals surface area contributed by atoms with E-state index in [0.717, 1.165) is 64.2 Å². The summed E-state index contributed by atoms with van der Waals surface area (Å²) in [6.45, 7) is 17.7. The van der Waals surface area contributed by atoms with Crippen LogP contribution in [0.4, 0.5) is 26.8 Å². The zero-order chi connectivity index (χ0) is 53.0. The Morgan fingerprint density at radius 3 is 1.69 bits per heavy atom. The normalized spacial score (nSPS) is 16.8. The number of carbonyl (C=O) groups excluding carboxylic acids is 4. The number of nitrogens with one attached hydrogen (secondary N) is 2. The number of halogens is 1. The summed E-state index contributed by atoms with van der Waals surface area (Å²) in [5, 5.41) is 6.63. The van der Waals surface area contributed by atoms with Gasteiger partial charge in [-0.25, -0.2) is 24.4 Å². The Morgan fingerprint density at radius 2 is 1.20 bits per heavy atom. The second kappa shape index (κ2) is 22.2. The molecule has 9 rings (SSSR count). The summed E-state index contributed by atoms with van der Waals surface area (Å²) < 4.78 is 25.8. The van der Waals surface area contributed by atoms with Gasteiger partial charge >= 0.3 is 18.2 Å². The fourth-order valence-electron chi connectivity index (χ4n) is 9.74. The average Bonchev–Trinajstić information content (AvgIpc) is 3.37. The van der Waals surface area contributed by atoms with E-state index in [0.29, 0.717) is 47.3 Å². The number of methoxy groups -OCH3 is 1. The second-order valence-electron chi connectivity index (χ2n) is 20.6. The van der Waals surface area contributed by atoms with E-state index in [-0.39, 0.29) is 28.9 Å². The number of nitrogens with two attached hydrogens (primary N) is 1. The molecule has 15 nitrogen and oxygen atoms in total. The van der Waals surface area contributed by atoms with E-state index in [1.165, 1.54) is 41.6 Å². The van der Waals surface area contributed by atoms with Crippen LogP contribution in [0.25, 0.3) is 0 Å². The van der Waals surface area contributed by atoms with Gasteiger partial charge < -0.3 is 45.3 Å². The quantitative estimate of drug-likeness (QED) is 0.0672. The molecule has 4 N–H and O–H groups in total. The minimum atomic E-state index is -0.535. The van der Waals surface area contributed by atoms with Gasteiger partial charge in [0.15, 0.2) is 0 Å². The first-order chi connectivity index (χ1) is 34.8. The van der Waals surface area contributed by atoms with E-state index >= 15 is 0 Å². The molecule has 2 spiro atoms. The van der Waals surface area contributed by atoms with Crippen LogP contribution in [0, 0.1) is 0 Å². The Hall–Kier alpha value is -6.71. The van der Waals surface area contributed by atoms with Crippen molar-refractivity contribution in [2.75, 3.05) is 62.3 Å². The van der Waals surface area contributed by atoms with Crippen molar-refractivity contribution in [1.82, 2.24) is 25.1 Å². The summed E-state index contributed by atoms with van der Waals surface area (Å²) in [4.78, 5) is 63.3. The zero-order valence-corrected chi connectivity index (χ0v) is 42.7. The van der Waals surface area contributed by atoms with Crippen LogP contribution in [0.1, 0.15) is 113 Å². The zero-order valence-electron chi connectivity index (χ0n) is 43.9. The van der Waals surface area contributed by atoms with Crippen LogP contribution >= 0.6 is 11.6 Å². The fourth-order valence-corrected chi connectivity index (χ4v) is 9.85. The van der Waals surface area contributed by atoms with Crippen LogP contribution in [0.3, 0.4) is 0 Å². The number of fused-ring (bicyclic) bond motifs is 4. The lowest BCUT2D eigenvalue weighted by Crippen LogP contribution is -2.54. The van der Waals surface area contributed by atoms with Crippen LogP contribution in [-0.2, 0) is 38.1 Å². The summed E-state index contributed by atoms with van der Waals surface area (Å²) in [5.41, 5.74) is 12.1. The first kappa shape index (κ1) is 50.7. The number of esters is 1. The third-order valence-electron chi connectivity index (χ3n) is 13.2. The Labute approximate surface area is 425 Å². The number of amides is 3. The van der Waals surface area contributed by atoms with Gasteiger partial charge in [-0.2, -0.15) is 0 Å². The molecular formula is C55H69ClN8O7.